The van der Waals surface area contributed by atoms with Crippen LogP contribution in [0, 0.1) is 36.5 Å². The molecule has 2 aromatic carbocycles. The lowest BCUT2D eigenvalue weighted by molar-refractivity contribution is 0.0857. The highest BCUT2D eigenvalue weighted by Crippen LogP contribution is 2.25. The molecule has 0 atom stereocenters. The second-order valence-electron chi connectivity index (χ2n) is 7.71. The Labute approximate surface area is 161 Å². The molecule has 0 aliphatic rings. The number of anilines is 1. The molecule has 0 aliphatic carbocycles. The summed E-state index contributed by atoms with van der Waals surface area (Å²) in [5.74, 6) is 6.51. The molecule has 27 heavy (non-hydrogen) atoms. The molecule has 0 bridgehead atoms. The van der Waals surface area contributed by atoms with E-state index in [-0.39, 0.29) is 11.6 Å². The average molecular weight is 361 g/mol. The van der Waals surface area contributed by atoms with Crippen molar-refractivity contribution in [2.75, 3.05) is 11.9 Å². The standard InChI is InChI=1S/C23H27N3O/c1-15-14-20(21(27)23(3,4)5)16(2)13-18(15)7-6-12-26-19-10-8-17(9-11-19)22(24)25/h8-11,13-14,26H,12H2,1-5H3,(H3,24,25). The fourth-order valence-electron chi connectivity index (χ4n) is 2.65. The lowest BCUT2D eigenvalue weighted by Crippen LogP contribution is -2.21. The number of nitrogen functional groups attached to an aromatic ring is 1. The molecule has 0 radical (unpaired) electrons. The van der Waals surface area contributed by atoms with Gasteiger partial charge in [-0.05, 0) is 61.4 Å². The van der Waals surface area contributed by atoms with Gasteiger partial charge < -0.3 is 11.1 Å². The predicted octanol–water partition coefficient (Wildman–Crippen LogP) is 4.28. The summed E-state index contributed by atoms with van der Waals surface area (Å²) in [6.07, 6.45) is 0. The van der Waals surface area contributed by atoms with Crippen LogP contribution in [0.4, 0.5) is 5.69 Å². The Kier molecular flexibility index (Phi) is 6.07. The lowest BCUT2D eigenvalue weighted by Gasteiger charge is -2.19. The summed E-state index contributed by atoms with van der Waals surface area (Å²) < 4.78 is 0. The number of hydrogen-bond donors (Lipinski definition) is 3. The number of benzene rings is 2. The van der Waals surface area contributed by atoms with E-state index in [0.717, 1.165) is 27.9 Å². The van der Waals surface area contributed by atoms with E-state index in [1.807, 2.05) is 58.9 Å². The molecule has 140 valence electrons. The number of hydrogen-bond acceptors (Lipinski definition) is 3. The first-order valence-electron chi connectivity index (χ1n) is 8.93. The zero-order valence-corrected chi connectivity index (χ0v) is 16.7. The maximum atomic E-state index is 12.6. The Morgan fingerprint density at radius 2 is 1.74 bits per heavy atom. The first kappa shape index (κ1) is 20.3. The minimum Gasteiger partial charge on any atom is -0.384 e. The number of ketones is 1. The van der Waals surface area contributed by atoms with E-state index in [2.05, 4.69) is 17.2 Å². The van der Waals surface area contributed by atoms with Gasteiger partial charge in [0.05, 0.1) is 6.54 Å². The van der Waals surface area contributed by atoms with Gasteiger partial charge in [0.25, 0.3) is 0 Å². The summed E-state index contributed by atoms with van der Waals surface area (Å²) >= 11 is 0. The van der Waals surface area contributed by atoms with E-state index in [1.54, 1.807) is 12.1 Å². The first-order chi connectivity index (χ1) is 12.6. The summed E-state index contributed by atoms with van der Waals surface area (Å²) in [4.78, 5) is 12.6. The van der Waals surface area contributed by atoms with Crippen LogP contribution in [0.3, 0.4) is 0 Å². The topological polar surface area (TPSA) is 79.0 Å². The Bertz CT molecular complexity index is 923. The van der Waals surface area contributed by atoms with Crippen LogP contribution in [0.5, 0.6) is 0 Å². The van der Waals surface area contributed by atoms with Crippen LogP contribution in [-0.2, 0) is 0 Å². The predicted molar refractivity (Wildman–Crippen MR) is 113 cm³/mol. The van der Waals surface area contributed by atoms with Gasteiger partial charge in [-0.25, -0.2) is 0 Å². The number of carbonyl (C=O) groups is 1. The molecule has 0 heterocycles. The zero-order chi connectivity index (χ0) is 20.2. The molecule has 4 heteroatoms. The summed E-state index contributed by atoms with van der Waals surface area (Å²) in [6, 6.07) is 11.3. The Balaban J connectivity index is 2.09. The molecule has 0 aromatic heterocycles. The minimum absolute atomic E-state index is 0.0561. The third-order valence-electron chi connectivity index (χ3n) is 4.30. The van der Waals surface area contributed by atoms with E-state index < -0.39 is 5.41 Å². The summed E-state index contributed by atoms with van der Waals surface area (Å²) in [6.45, 7) is 10.3. The van der Waals surface area contributed by atoms with E-state index in [1.165, 1.54) is 0 Å². The van der Waals surface area contributed by atoms with Gasteiger partial charge in [-0.3, -0.25) is 10.2 Å². The van der Waals surface area contributed by atoms with E-state index in [0.29, 0.717) is 12.1 Å². The van der Waals surface area contributed by atoms with E-state index >= 15 is 0 Å². The van der Waals surface area contributed by atoms with Crippen LogP contribution < -0.4 is 11.1 Å². The number of rotatable bonds is 4. The maximum absolute atomic E-state index is 12.6. The molecule has 0 aliphatic heterocycles. The van der Waals surface area contributed by atoms with Gasteiger partial charge in [0, 0.05) is 27.8 Å². The molecular formula is C23H27N3O. The van der Waals surface area contributed by atoms with Gasteiger partial charge >= 0.3 is 0 Å². The SMILES string of the molecule is Cc1cc(C(=O)C(C)(C)C)c(C)cc1C#CCNc1ccc(C(=N)N)cc1. The van der Waals surface area contributed by atoms with Crippen molar-refractivity contribution in [1.82, 2.24) is 0 Å². The van der Waals surface area contributed by atoms with Gasteiger partial charge in [0.2, 0.25) is 0 Å². The summed E-state index contributed by atoms with van der Waals surface area (Å²) in [5, 5.41) is 10.6. The van der Waals surface area contributed by atoms with Gasteiger partial charge in [0.1, 0.15) is 5.84 Å². The van der Waals surface area contributed by atoms with Crippen LogP contribution in [0.25, 0.3) is 0 Å². The number of carbonyl (C=O) groups excluding carboxylic acids is 1. The largest absolute Gasteiger partial charge is 0.384 e. The summed E-state index contributed by atoms with van der Waals surface area (Å²) in [7, 11) is 0. The van der Waals surface area contributed by atoms with Crippen molar-refractivity contribution >= 4 is 17.3 Å². The highest BCUT2D eigenvalue weighted by atomic mass is 16.1. The number of amidine groups is 1. The maximum Gasteiger partial charge on any atom is 0.168 e. The van der Waals surface area contributed by atoms with Crippen LogP contribution in [0.2, 0.25) is 0 Å². The van der Waals surface area contributed by atoms with Crippen LogP contribution >= 0.6 is 0 Å². The van der Waals surface area contributed by atoms with Crippen molar-refractivity contribution in [2.24, 2.45) is 11.1 Å². The van der Waals surface area contributed by atoms with Crippen molar-refractivity contribution in [3.63, 3.8) is 0 Å². The molecule has 2 aromatic rings. The normalized spacial score (nSPS) is 10.7. The summed E-state index contributed by atoms with van der Waals surface area (Å²) in [5.41, 5.74) is 10.3. The number of aryl methyl sites for hydroxylation is 2. The Hall–Kier alpha value is -3.06. The van der Waals surface area contributed by atoms with E-state index in [4.69, 9.17) is 11.1 Å². The molecule has 0 unspecified atom stereocenters. The Morgan fingerprint density at radius 1 is 1.11 bits per heavy atom. The molecular weight excluding hydrogens is 334 g/mol. The van der Waals surface area contributed by atoms with Gasteiger partial charge in [-0.15, -0.1) is 0 Å². The van der Waals surface area contributed by atoms with Crippen molar-refractivity contribution < 1.29 is 4.79 Å². The van der Waals surface area contributed by atoms with Gasteiger partial charge in [-0.2, -0.15) is 0 Å². The smallest absolute Gasteiger partial charge is 0.168 e. The molecule has 0 spiro atoms. The monoisotopic (exact) mass is 361 g/mol. The van der Waals surface area contributed by atoms with Gasteiger partial charge in [-0.1, -0.05) is 32.6 Å². The molecule has 0 amide bonds. The van der Waals surface area contributed by atoms with Crippen molar-refractivity contribution in [3.05, 3.63) is 64.2 Å². The fourth-order valence-corrected chi connectivity index (χ4v) is 2.65. The molecule has 0 fully saturated rings. The molecule has 4 N–H and O–H groups in total. The third-order valence-corrected chi connectivity index (χ3v) is 4.30. The fraction of sp³-hybridized carbons (Fsp3) is 0.304. The van der Waals surface area contributed by atoms with E-state index in [9.17, 15) is 4.79 Å². The van der Waals surface area contributed by atoms with Crippen molar-refractivity contribution in [3.8, 4) is 11.8 Å². The minimum atomic E-state index is -0.397. The average Bonchev–Trinajstić information content (AvgIpc) is 2.60. The van der Waals surface area contributed by atoms with Crippen LogP contribution in [0.1, 0.15) is 53.4 Å². The third kappa shape index (κ3) is 5.21. The molecule has 0 saturated carbocycles. The van der Waals surface area contributed by atoms with Crippen LogP contribution in [-0.4, -0.2) is 18.2 Å². The zero-order valence-electron chi connectivity index (χ0n) is 16.7. The quantitative estimate of drug-likeness (QED) is 0.329. The van der Waals surface area contributed by atoms with Crippen molar-refractivity contribution in [2.45, 2.75) is 34.6 Å². The number of Topliss-reactive ketones (excluding diaryl/α,β-unsaturated/α-hetero) is 1. The lowest BCUT2D eigenvalue weighted by atomic mass is 9.83. The highest BCUT2D eigenvalue weighted by molar-refractivity contribution is 6.01. The number of nitrogens with two attached hydrogens (primary N) is 1. The van der Waals surface area contributed by atoms with Gasteiger partial charge in [0.15, 0.2) is 5.78 Å². The highest BCUT2D eigenvalue weighted by Gasteiger charge is 2.24. The first-order valence-corrected chi connectivity index (χ1v) is 8.93. The molecule has 0 saturated heterocycles. The second-order valence-corrected chi connectivity index (χ2v) is 7.71. The molecule has 4 nitrogen and oxygen atoms in total. The number of nitrogens with one attached hydrogen (secondary N) is 2. The van der Waals surface area contributed by atoms with Crippen molar-refractivity contribution in [1.29, 1.82) is 5.41 Å². The van der Waals surface area contributed by atoms with Crippen LogP contribution in [0.15, 0.2) is 36.4 Å². The molecule has 2 rings (SSSR count). The Morgan fingerprint density at radius 3 is 2.30 bits per heavy atom. The second kappa shape index (κ2) is 8.09.